The number of halogens is 1. The van der Waals surface area contributed by atoms with Gasteiger partial charge in [-0.15, -0.1) is 22.9 Å². The van der Waals surface area contributed by atoms with Gasteiger partial charge in [-0.3, -0.25) is 4.90 Å². The predicted molar refractivity (Wildman–Crippen MR) is 60.9 cm³/mol. The number of thiazole rings is 1. The van der Waals surface area contributed by atoms with E-state index in [0.29, 0.717) is 11.9 Å². The number of alkyl halides is 1. The second-order valence-corrected chi connectivity index (χ2v) is 5.04. The van der Waals surface area contributed by atoms with Crippen LogP contribution in [0.5, 0.6) is 0 Å². The van der Waals surface area contributed by atoms with E-state index in [-0.39, 0.29) is 0 Å². The van der Waals surface area contributed by atoms with Crippen molar-refractivity contribution in [1.82, 2.24) is 9.88 Å². The Morgan fingerprint density at radius 3 is 2.93 bits per heavy atom. The fourth-order valence-corrected chi connectivity index (χ4v) is 2.70. The molecule has 0 radical (unpaired) electrons. The zero-order valence-corrected chi connectivity index (χ0v) is 10.1. The molecule has 0 bridgehead atoms. The molecule has 1 aromatic heterocycles. The van der Waals surface area contributed by atoms with E-state index >= 15 is 0 Å². The molecule has 0 aliphatic heterocycles. The van der Waals surface area contributed by atoms with Gasteiger partial charge in [0.1, 0.15) is 5.01 Å². The summed E-state index contributed by atoms with van der Waals surface area (Å²) in [7, 11) is 2.18. The van der Waals surface area contributed by atoms with Crippen molar-refractivity contribution in [2.24, 2.45) is 0 Å². The van der Waals surface area contributed by atoms with Crippen LogP contribution in [0, 0.1) is 0 Å². The molecule has 14 heavy (non-hydrogen) atoms. The Balaban J connectivity index is 2.05. The molecule has 1 heterocycles. The van der Waals surface area contributed by atoms with Gasteiger partial charge in [0.2, 0.25) is 0 Å². The van der Waals surface area contributed by atoms with Crippen LogP contribution in [-0.2, 0) is 5.88 Å². The van der Waals surface area contributed by atoms with Crippen LogP contribution in [0.1, 0.15) is 36.5 Å². The zero-order valence-electron chi connectivity index (χ0n) is 8.53. The van der Waals surface area contributed by atoms with Crippen molar-refractivity contribution in [2.75, 3.05) is 7.05 Å². The Hall–Kier alpha value is -0.120. The molecule has 0 spiro atoms. The first-order valence-corrected chi connectivity index (χ1v) is 6.36. The van der Waals surface area contributed by atoms with Crippen molar-refractivity contribution in [3.8, 4) is 0 Å². The van der Waals surface area contributed by atoms with Crippen molar-refractivity contribution >= 4 is 22.9 Å². The van der Waals surface area contributed by atoms with Gasteiger partial charge in [-0.1, -0.05) is 0 Å². The largest absolute Gasteiger partial charge is 0.294 e. The maximum absolute atomic E-state index is 5.73. The quantitative estimate of drug-likeness (QED) is 0.740. The average Bonchev–Trinajstić information content (AvgIpc) is 2.94. The lowest BCUT2D eigenvalue weighted by molar-refractivity contribution is 0.250. The van der Waals surface area contributed by atoms with Crippen LogP contribution in [0.2, 0.25) is 0 Å². The van der Waals surface area contributed by atoms with Crippen molar-refractivity contribution in [2.45, 2.75) is 37.7 Å². The van der Waals surface area contributed by atoms with Crippen LogP contribution in [0.4, 0.5) is 0 Å². The Kier molecular flexibility index (Phi) is 3.10. The zero-order chi connectivity index (χ0) is 10.1. The smallest absolute Gasteiger partial charge is 0.110 e. The highest BCUT2D eigenvalue weighted by Gasteiger charge is 2.30. The van der Waals surface area contributed by atoms with Gasteiger partial charge < -0.3 is 0 Å². The molecule has 78 valence electrons. The predicted octanol–water partition coefficient (Wildman–Crippen LogP) is 3.04. The molecule has 0 N–H and O–H groups in total. The van der Waals surface area contributed by atoms with E-state index in [4.69, 9.17) is 11.6 Å². The summed E-state index contributed by atoms with van der Waals surface area (Å²) in [6, 6.07) is 1.22. The number of hydrogen-bond acceptors (Lipinski definition) is 3. The normalized spacial score (nSPS) is 18.9. The van der Waals surface area contributed by atoms with Crippen LogP contribution in [-0.4, -0.2) is 23.0 Å². The monoisotopic (exact) mass is 230 g/mol. The maximum atomic E-state index is 5.73. The minimum atomic E-state index is 0.435. The van der Waals surface area contributed by atoms with Gasteiger partial charge in [-0.05, 0) is 26.8 Å². The Bertz CT molecular complexity index is 309. The van der Waals surface area contributed by atoms with E-state index in [2.05, 4.69) is 29.2 Å². The summed E-state index contributed by atoms with van der Waals surface area (Å²) >= 11 is 7.45. The van der Waals surface area contributed by atoms with Gasteiger partial charge in [-0.25, -0.2) is 4.98 Å². The topological polar surface area (TPSA) is 16.1 Å². The lowest BCUT2D eigenvalue weighted by Gasteiger charge is -2.22. The summed E-state index contributed by atoms with van der Waals surface area (Å²) < 4.78 is 0. The minimum absolute atomic E-state index is 0.435. The first-order valence-electron chi connectivity index (χ1n) is 4.94. The molecular formula is C10H15ClN2S. The molecule has 0 saturated heterocycles. The molecular weight excluding hydrogens is 216 g/mol. The summed E-state index contributed by atoms with van der Waals surface area (Å²) in [6.07, 6.45) is 2.68. The fourth-order valence-electron chi connectivity index (χ4n) is 1.55. The molecule has 1 aliphatic carbocycles. The molecule has 4 heteroatoms. The Labute approximate surface area is 93.9 Å². The van der Waals surface area contributed by atoms with Crippen molar-refractivity contribution in [3.63, 3.8) is 0 Å². The molecule has 1 fully saturated rings. The third-order valence-electron chi connectivity index (χ3n) is 2.80. The van der Waals surface area contributed by atoms with E-state index in [9.17, 15) is 0 Å². The van der Waals surface area contributed by atoms with Crippen LogP contribution >= 0.6 is 22.9 Å². The van der Waals surface area contributed by atoms with E-state index in [1.165, 1.54) is 17.8 Å². The third kappa shape index (κ3) is 2.10. The Morgan fingerprint density at radius 1 is 1.71 bits per heavy atom. The summed E-state index contributed by atoms with van der Waals surface area (Å²) in [6.45, 7) is 2.22. The molecule has 2 nitrogen and oxygen atoms in total. The molecule has 1 aliphatic rings. The SMILES string of the molecule is CC(c1nc(CCl)cs1)N(C)C1CC1. The fraction of sp³-hybridized carbons (Fsp3) is 0.700. The highest BCUT2D eigenvalue weighted by Crippen LogP contribution is 2.33. The van der Waals surface area contributed by atoms with Gasteiger partial charge in [-0.2, -0.15) is 0 Å². The van der Waals surface area contributed by atoms with E-state index in [1.54, 1.807) is 11.3 Å². The molecule has 0 aromatic carbocycles. The molecule has 1 unspecified atom stereocenters. The second-order valence-electron chi connectivity index (χ2n) is 3.88. The van der Waals surface area contributed by atoms with Crippen LogP contribution in [0.15, 0.2) is 5.38 Å². The lowest BCUT2D eigenvalue weighted by atomic mass is 10.3. The van der Waals surface area contributed by atoms with E-state index < -0.39 is 0 Å². The van der Waals surface area contributed by atoms with Crippen LogP contribution in [0.25, 0.3) is 0 Å². The average molecular weight is 231 g/mol. The van der Waals surface area contributed by atoms with E-state index in [0.717, 1.165) is 11.7 Å². The summed E-state index contributed by atoms with van der Waals surface area (Å²) in [5.41, 5.74) is 1.00. The molecule has 2 rings (SSSR count). The van der Waals surface area contributed by atoms with Crippen LogP contribution < -0.4 is 0 Å². The highest BCUT2D eigenvalue weighted by molar-refractivity contribution is 7.09. The van der Waals surface area contributed by atoms with Crippen molar-refractivity contribution in [3.05, 3.63) is 16.1 Å². The highest BCUT2D eigenvalue weighted by atomic mass is 35.5. The van der Waals surface area contributed by atoms with Crippen LogP contribution in [0.3, 0.4) is 0 Å². The number of nitrogens with zero attached hydrogens (tertiary/aromatic N) is 2. The third-order valence-corrected chi connectivity index (χ3v) is 4.14. The first-order chi connectivity index (χ1) is 6.72. The number of aromatic nitrogens is 1. The summed E-state index contributed by atoms with van der Waals surface area (Å²) in [4.78, 5) is 6.92. The molecule has 1 aromatic rings. The van der Waals surface area contributed by atoms with Crippen molar-refractivity contribution in [1.29, 1.82) is 0 Å². The summed E-state index contributed by atoms with van der Waals surface area (Å²) in [5.74, 6) is 0.524. The van der Waals surface area contributed by atoms with Gasteiger partial charge in [0.15, 0.2) is 0 Å². The van der Waals surface area contributed by atoms with Gasteiger partial charge >= 0.3 is 0 Å². The molecule has 1 saturated carbocycles. The minimum Gasteiger partial charge on any atom is -0.294 e. The van der Waals surface area contributed by atoms with Gasteiger partial charge in [0, 0.05) is 11.4 Å². The number of hydrogen-bond donors (Lipinski definition) is 0. The summed E-state index contributed by atoms with van der Waals surface area (Å²) in [5, 5.41) is 3.24. The van der Waals surface area contributed by atoms with Gasteiger partial charge in [0.25, 0.3) is 0 Å². The van der Waals surface area contributed by atoms with Gasteiger partial charge in [0.05, 0.1) is 17.6 Å². The lowest BCUT2D eigenvalue weighted by Crippen LogP contribution is -2.24. The maximum Gasteiger partial charge on any atom is 0.110 e. The van der Waals surface area contributed by atoms with E-state index in [1.807, 2.05) is 0 Å². The Morgan fingerprint density at radius 2 is 2.43 bits per heavy atom. The molecule has 0 amide bonds. The van der Waals surface area contributed by atoms with Crippen molar-refractivity contribution < 1.29 is 0 Å². The standard InChI is InChI=1S/C10H15ClN2S/c1-7(13(2)9-3-4-9)10-12-8(5-11)6-14-10/h6-7,9H,3-5H2,1-2H3. The first kappa shape index (κ1) is 10.4. The molecule has 1 atom stereocenters. The second kappa shape index (κ2) is 4.17. The number of rotatable bonds is 4.